The number of unbranched alkanes of at least 4 members (excludes halogenated alkanes) is 2. The molecule has 0 amide bonds. The minimum atomic E-state index is 0.321. The van der Waals surface area contributed by atoms with Crippen LogP contribution in [0, 0.1) is 11.3 Å². The fourth-order valence-electron chi connectivity index (χ4n) is 3.59. The molecule has 1 atom stereocenters. The van der Waals surface area contributed by atoms with Crippen LogP contribution >= 0.6 is 0 Å². The van der Waals surface area contributed by atoms with Gasteiger partial charge in [0.25, 0.3) is 0 Å². The summed E-state index contributed by atoms with van der Waals surface area (Å²) in [6.45, 7) is 4.52. The zero-order valence-corrected chi connectivity index (χ0v) is 16.3. The average Bonchev–Trinajstić information content (AvgIpc) is 2.74. The number of aryl methyl sites for hydroxylation is 1. The fourth-order valence-corrected chi connectivity index (χ4v) is 3.59. The molecule has 3 aromatic rings. The maximum Gasteiger partial charge on any atom is 0.0991 e. The SMILES string of the molecule is CCCCCc1ccc(C(C)c2ccccc2-c2ccc(C#N)cc2)cc1. The molecule has 0 fully saturated rings. The molecular formula is C26H27N. The van der Waals surface area contributed by atoms with Crippen LogP contribution in [0.2, 0.25) is 0 Å². The van der Waals surface area contributed by atoms with E-state index in [2.05, 4.69) is 68.4 Å². The van der Waals surface area contributed by atoms with Crippen molar-refractivity contribution in [2.45, 2.75) is 45.4 Å². The Morgan fingerprint density at radius 3 is 2.22 bits per heavy atom. The van der Waals surface area contributed by atoms with Gasteiger partial charge in [-0.15, -0.1) is 0 Å². The molecule has 3 aromatic carbocycles. The lowest BCUT2D eigenvalue weighted by Gasteiger charge is -2.18. The minimum absolute atomic E-state index is 0.321. The third-order valence-corrected chi connectivity index (χ3v) is 5.30. The monoisotopic (exact) mass is 353 g/mol. The molecule has 0 bridgehead atoms. The number of benzene rings is 3. The average molecular weight is 354 g/mol. The van der Waals surface area contributed by atoms with Gasteiger partial charge in [-0.05, 0) is 52.8 Å². The summed E-state index contributed by atoms with van der Waals surface area (Å²) in [7, 11) is 0. The van der Waals surface area contributed by atoms with Crippen molar-refractivity contribution in [3.05, 3.63) is 95.1 Å². The van der Waals surface area contributed by atoms with Crippen molar-refractivity contribution in [3.63, 3.8) is 0 Å². The molecule has 0 spiro atoms. The molecule has 0 aliphatic rings. The second kappa shape index (κ2) is 9.19. The van der Waals surface area contributed by atoms with Crippen LogP contribution in [0.5, 0.6) is 0 Å². The van der Waals surface area contributed by atoms with Crippen LogP contribution in [0.3, 0.4) is 0 Å². The predicted molar refractivity (Wildman–Crippen MR) is 114 cm³/mol. The molecule has 0 radical (unpaired) electrons. The summed E-state index contributed by atoms with van der Waals surface area (Å²) in [5.41, 5.74) is 7.19. The first-order chi connectivity index (χ1) is 13.2. The smallest absolute Gasteiger partial charge is 0.0991 e. The van der Waals surface area contributed by atoms with Crippen LogP contribution in [0.1, 0.15) is 61.3 Å². The van der Waals surface area contributed by atoms with Crippen molar-refractivity contribution in [1.82, 2.24) is 0 Å². The largest absolute Gasteiger partial charge is 0.192 e. The summed E-state index contributed by atoms with van der Waals surface area (Å²) in [4.78, 5) is 0. The van der Waals surface area contributed by atoms with Crippen molar-refractivity contribution in [2.24, 2.45) is 0 Å². The van der Waals surface area contributed by atoms with Gasteiger partial charge in [0.05, 0.1) is 11.6 Å². The summed E-state index contributed by atoms with van der Waals surface area (Å²) in [6, 6.07) is 27.8. The first-order valence-electron chi connectivity index (χ1n) is 9.91. The summed E-state index contributed by atoms with van der Waals surface area (Å²) in [5, 5.41) is 9.03. The highest BCUT2D eigenvalue weighted by Gasteiger charge is 2.13. The van der Waals surface area contributed by atoms with Gasteiger partial charge in [0.2, 0.25) is 0 Å². The molecule has 0 aromatic heterocycles. The maximum atomic E-state index is 9.03. The Labute approximate surface area is 163 Å². The molecule has 0 aliphatic carbocycles. The molecule has 0 aliphatic heterocycles. The van der Waals surface area contributed by atoms with Crippen LogP contribution < -0.4 is 0 Å². The third-order valence-electron chi connectivity index (χ3n) is 5.30. The summed E-state index contributed by atoms with van der Waals surface area (Å²) >= 11 is 0. The Morgan fingerprint density at radius 1 is 0.852 bits per heavy atom. The van der Waals surface area contributed by atoms with Gasteiger partial charge in [0, 0.05) is 5.92 Å². The van der Waals surface area contributed by atoms with Gasteiger partial charge >= 0.3 is 0 Å². The summed E-state index contributed by atoms with van der Waals surface area (Å²) < 4.78 is 0. The van der Waals surface area contributed by atoms with Gasteiger partial charge < -0.3 is 0 Å². The number of nitriles is 1. The Hall–Kier alpha value is -2.85. The zero-order valence-electron chi connectivity index (χ0n) is 16.3. The number of nitrogens with zero attached hydrogens (tertiary/aromatic N) is 1. The standard InChI is InChI=1S/C26H27N/c1-3-4-5-8-21-11-15-23(16-12-21)20(2)25-9-6-7-10-26(25)24-17-13-22(19-27)14-18-24/h6-7,9-18,20H,3-5,8H2,1-2H3. The van der Waals surface area contributed by atoms with Crippen molar-refractivity contribution in [3.8, 4) is 17.2 Å². The molecular weight excluding hydrogens is 326 g/mol. The molecule has 27 heavy (non-hydrogen) atoms. The van der Waals surface area contributed by atoms with E-state index in [1.807, 2.05) is 24.3 Å². The molecule has 0 saturated heterocycles. The highest BCUT2D eigenvalue weighted by molar-refractivity contribution is 5.69. The Kier molecular flexibility index (Phi) is 6.44. The highest BCUT2D eigenvalue weighted by Crippen LogP contribution is 2.33. The number of rotatable bonds is 7. The number of hydrogen-bond acceptors (Lipinski definition) is 1. The van der Waals surface area contributed by atoms with Crippen molar-refractivity contribution in [2.75, 3.05) is 0 Å². The number of hydrogen-bond donors (Lipinski definition) is 0. The molecule has 1 unspecified atom stereocenters. The van der Waals surface area contributed by atoms with Gasteiger partial charge in [-0.25, -0.2) is 0 Å². The van der Waals surface area contributed by atoms with E-state index in [4.69, 9.17) is 5.26 Å². The van der Waals surface area contributed by atoms with Crippen LogP contribution in [-0.4, -0.2) is 0 Å². The third kappa shape index (κ3) is 4.66. The first-order valence-corrected chi connectivity index (χ1v) is 9.91. The fraction of sp³-hybridized carbons (Fsp3) is 0.269. The Morgan fingerprint density at radius 2 is 1.56 bits per heavy atom. The molecule has 3 rings (SSSR count). The molecule has 0 N–H and O–H groups in total. The molecule has 0 saturated carbocycles. The summed E-state index contributed by atoms with van der Waals surface area (Å²) in [5.74, 6) is 0.321. The van der Waals surface area contributed by atoms with Crippen LogP contribution in [0.25, 0.3) is 11.1 Å². The van der Waals surface area contributed by atoms with Gasteiger partial charge in [-0.1, -0.05) is 87.4 Å². The van der Waals surface area contributed by atoms with Gasteiger partial charge in [-0.2, -0.15) is 5.26 Å². The molecule has 0 heterocycles. The van der Waals surface area contributed by atoms with E-state index in [1.54, 1.807) is 0 Å². The zero-order chi connectivity index (χ0) is 19.1. The van der Waals surface area contributed by atoms with E-state index in [9.17, 15) is 0 Å². The Bertz CT molecular complexity index is 898. The van der Waals surface area contributed by atoms with E-state index in [0.717, 1.165) is 5.56 Å². The van der Waals surface area contributed by atoms with Gasteiger partial charge in [0.15, 0.2) is 0 Å². The molecule has 136 valence electrons. The first kappa shape index (κ1) is 18.9. The molecule has 1 heteroatoms. The van der Waals surface area contributed by atoms with E-state index in [-0.39, 0.29) is 0 Å². The normalized spacial score (nSPS) is 11.7. The highest BCUT2D eigenvalue weighted by atomic mass is 14.2. The van der Waals surface area contributed by atoms with E-state index >= 15 is 0 Å². The van der Waals surface area contributed by atoms with Crippen LogP contribution in [0.15, 0.2) is 72.8 Å². The predicted octanol–water partition coefficient (Wildman–Crippen LogP) is 7.11. The summed E-state index contributed by atoms with van der Waals surface area (Å²) in [6.07, 6.45) is 5.01. The second-order valence-corrected chi connectivity index (χ2v) is 7.20. The second-order valence-electron chi connectivity index (χ2n) is 7.20. The van der Waals surface area contributed by atoms with Crippen molar-refractivity contribution in [1.29, 1.82) is 5.26 Å². The van der Waals surface area contributed by atoms with Crippen LogP contribution in [0.4, 0.5) is 0 Å². The van der Waals surface area contributed by atoms with E-state index in [1.165, 1.54) is 47.9 Å². The molecule has 1 nitrogen and oxygen atoms in total. The van der Waals surface area contributed by atoms with E-state index < -0.39 is 0 Å². The minimum Gasteiger partial charge on any atom is -0.192 e. The lowest BCUT2D eigenvalue weighted by molar-refractivity contribution is 0.717. The maximum absolute atomic E-state index is 9.03. The van der Waals surface area contributed by atoms with E-state index in [0.29, 0.717) is 11.5 Å². The quantitative estimate of drug-likeness (QED) is 0.415. The van der Waals surface area contributed by atoms with Gasteiger partial charge in [-0.3, -0.25) is 0 Å². The van der Waals surface area contributed by atoms with Crippen molar-refractivity contribution >= 4 is 0 Å². The van der Waals surface area contributed by atoms with Gasteiger partial charge in [0.1, 0.15) is 0 Å². The Balaban J connectivity index is 1.84. The van der Waals surface area contributed by atoms with Crippen molar-refractivity contribution < 1.29 is 0 Å². The topological polar surface area (TPSA) is 23.8 Å². The lowest BCUT2D eigenvalue weighted by atomic mass is 9.86. The lowest BCUT2D eigenvalue weighted by Crippen LogP contribution is -1.99. The van der Waals surface area contributed by atoms with Crippen LogP contribution in [-0.2, 0) is 6.42 Å².